The number of thiophene rings is 1. The quantitative estimate of drug-likeness (QED) is 0.833. The first-order chi connectivity index (χ1) is 10.6. The van der Waals surface area contributed by atoms with Crippen molar-refractivity contribution < 1.29 is 4.79 Å². The number of rotatable bonds is 3. The molecule has 3 rings (SSSR count). The molecule has 1 aliphatic heterocycles. The number of carbonyl (C=O) groups is 1. The summed E-state index contributed by atoms with van der Waals surface area (Å²) >= 11 is 13.5. The predicted molar refractivity (Wildman–Crippen MR) is 100 cm³/mol. The smallest absolute Gasteiger partial charge is 0.263 e. The Bertz CT molecular complexity index is 704. The van der Waals surface area contributed by atoms with Crippen LogP contribution in [0.15, 0.2) is 30.3 Å². The fourth-order valence-electron chi connectivity index (χ4n) is 2.62. The molecule has 0 saturated carbocycles. The van der Waals surface area contributed by atoms with Crippen LogP contribution in [0.4, 0.5) is 0 Å². The Morgan fingerprint density at radius 1 is 1.26 bits per heavy atom. The van der Waals surface area contributed by atoms with Crippen molar-refractivity contribution in [1.82, 2.24) is 4.90 Å². The van der Waals surface area contributed by atoms with Gasteiger partial charge < -0.3 is 10.6 Å². The molecule has 23 heavy (non-hydrogen) atoms. The molecule has 124 valence electrons. The van der Waals surface area contributed by atoms with Crippen molar-refractivity contribution in [2.24, 2.45) is 11.7 Å². The zero-order valence-electron chi connectivity index (χ0n) is 12.3. The maximum absolute atomic E-state index is 12.5. The van der Waals surface area contributed by atoms with Gasteiger partial charge in [-0.3, -0.25) is 4.79 Å². The van der Waals surface area contributed by atoms with Gasteiger partial charge in [0.15, 0.2) is 0 Å². The van der Waals surface area contributed by atoms with Gasteiger partial charge in [0, 0.05) is 18.0 Å². The molecule has 1 saturated heterocycles. The molecular formula is C16H17Cl3N2OS. The highest BCUT2D eigenvalue weighted by molar-refractivity contribution is 7.17. The van der Waals surface area contributed by atoms with Gasteiger partial charge in [-0.1, -0.05) is 29.3 Å². The third-order valence-corrected chi connectivity index (χ3v) is 5.79. The van der Waals surface area contributed by atoms with E-state index in [9.17, 15) is 4.79 Å². The number of amides is 1. The van der Waals surface area contributed by atoms with Crippen LogP contribution in [0.5, 0.6) is 0 Å². The van der Waals surface area contributed by atoms with Gasteiger partial charge in [-0.25, -0.2) is 0 Å². The Morgan fingerprint density at radius 3 is 2.70 bits per heavy atom. The van der Waals surface area contributed by atoms with Gasteiger partial charge in [-0.15, -0.1) is 23.7 Å². The summed E-state index contributed by atoms with van der Waals surface area (Å²) < 4.78 is 0. The van der Waals surface area contributed by atoms with Gasteiger partial charge in [-0.05, 0) is 48.7 Å². The Kier molecular flexibility index (Phi) is 6.34. The molecule has 2 N–H and O–H groups in total. The van der Waals surface area contributed by atoms with Gasteiger partial charge in [0.2, 0.25) is 0 Å². The van der Waals surface area contributed by atoms with Gasteiger partial charge in [0.25, 0.3) is 5.91 Å². The number of hydrogen-bond acceptors (Lipinski definition) is 3. The van der Waals surface area contributed by atoms with Crippen molar-refractivity contribution in [2.75, 3.05) is 19.6 Å². The van der Waals surface area contributed by atoms with E-state index in [1.54, 1.807) is 6.07 Å². The SMILES string of the molecule is Cl.NCC1CCN(C(=O)c2ccc(-c3ccc(Cl)c(Cl)c3)s2)C1. The van der Waals surface area contributed by atoms with Crippen LogP contribution in [0, 0.1) is 5.92 Å². The molecule has 0 radical (unpaired) electrons. The minimum atomic E-state index is 0. The summed E-state index contributed by atoms with van der Waals surface area (Å²) in [5, 5.41) is 1.05. The van der Waals surface area contributed by atoms with Gasteiger partial charge in [0.05, 0.1) is 14.9 Å². The van der Waals surface area contributed by atoms with Crippen molar-refractivity contribution in [2.45, 2.75) is 6.42 Å². The molecule has 2 heterocycles. The monoisotopic (exact) mass is 390 g/mol. The average molecular weight is 392 g/mol. The molecular weight excluding hydrogens is 375 g/mol. The summed E-state index contributed by atoms with van der Waals surface area (Å²) in [7, 11) is 0. The number of nitrogens with two attached hydrogens (primary N) is 1. The Hall–Kier alpha value is -0.780. The summed E-state index contributed by atoms with van der Waals surface area (Å²) in [5.74, 6) is 0.519. The van der Waals surface area contributed by atoms with E-state index in [0.717, 1.165) is 34.8 Å². The summed E-state index contributed by atoms with van der Waals surface area (Å²) in [4.78, 5) is 16.2. The van der Waals surface area contributed by atoms with E-state index in [4.69, 9.17) is 28.9 Å². The van der Waals surface area contributed by atoms with Gasteiger partial charge >= 0.3 is 0 Å². The number of nitrogens with zero attached hydrogens (tertiary/aromatic N) is 1. The summed E-state index contributed by atoms with van der Waals surface area (Å²) in [6.07, 6.45) is 0.993. The Balaban J connectivity index is 0.00000192. The standard InChI is InChI=1S/C16H16Cl2N2OS.ClH/c17-12-2-1-11(7-13(12)18)14-3-4-15(22-14)16(21)20-6-5-10(8-19)9-20;/h1-4,7,10H,5-6,8-9,19H2;1H. The van der Waals surface area contributed by atoms with Crippen LogP contribution in [0.2, 0.25) is 10.0 Å². The fraction of sp³-hybridized carbons (Fsp3) is 0.312. The highest BCUT2D eigenvalue weighted by atomic mass is 35.5. The largest absolute Gasteiger partial charge is 0.338 e. The topological polar surface area (TPSA) is 46.3 Å². The maximum Gasteiger partial charge on any atom is 0.263 e. The van der Waals surface area contributed by atoms with Gasteiger partial charge in [-0.2, -0.15) is 0 Å². The van der Waals surface area contributed by atoms with Crippen LogP contribution in [0.3, 0.4) is 0 Å². The highest BCUT2D eigenvalue weighted by Crippen LogP contribution is 2.33. The molecule has 3 nitrogen and oxygen atoms in total. The second-order valence-corrected chi connectivity index (χ2v) is 7.33. The molecule has 1 fully saturated rings. The van der Waals surface area contributed by atoms with E-state index >= 15 is 0 Å². The summed E-state index contributed by atoms with van der Waals surface area (Å²) in [5.41, 5.74) is 6.65. The normalized spacial score (nSPS) is 17.2. The highest BCUT2D eigenvalue weighted by Gasteiger charge is 2.26. The maximum atomic E-state index is 12.5. The molecule has 1 amide bonds. The first-order valence-electron chi connectivity index (χ1n) is 7.13. The average Bonchev–Trinajstić information content (AvgIpc) is 3.18. The van der Waals surface area contributed by atoms with Crippen molar-refractivity contribution in [1.29, 1.82) is 0 Å². The molecule has 1 aliphatic rings. The van der Waals surface area contributed by atoms with Crippen LogP contribution in [-0.4, -0.2) is 30.4 Å². The number of benzene rings is 1. The van der Waals surface area contributed by atoms with Crippen molar-refractivity contribution in [3.05, 3.63) is 45.3 Å². The molecule has 0 aliphatic carbocycles. The third kappa shape index (κ3) is 4.01. The molecule has 7 heteroatoms. The second-order valence-electron chi connectivity index (χ2n) is 5.43. The molecule has 1 aromatic heterocycles. The number of carbonyl (C=O) groups excluding carboxylic acids is 1. The number of likely N-dealkylation sites (tertiary alicyclic amines) is 1. The van der Waals surface area contributed by atoms with E-state index in [2.05, 4.69) is 0 Å². The molecule has 0 spiro atoms. The van der Waals surface area contributed by atoms with Crippen molar-refractivity contribution in [3.8, 4) is 10.4 Å². The van der Waals surface area contributed by atoms with Crippen LogP contribution in [0.25, 0.3) is 10.4 Å². The fourth-order valence-corrected chi connectivity index (χ4v) is 3.89. The predicted octanol–water partition coefficient (Wildman–Crippen LogP) is 4.56. The van der Waals surface area contributed by atoms with Crippen LogP contribution in [0.1, 0.15) is 16.1 Å². The number of halogens is 3. The first kappa shape index (κ1) is 18.6. The first-order valence-corrected chi connectivity index (χ1v) is 8.70. The molecule has 0 bridgehead atoms. The molecule has 2 aromatic rings. The van der Waals surface area contributed by atoms with Crippen LogP contribution < -0.4 is 5.73 Å². The van der Waals surface area contributed by atoms with Crippen molar-refractivity contribution >= 4 is 52.9 Å². The van der Waals surface area contributed by atoms with E-state index in [1.165, 1.54) is 11.3 Å². The minimum Gasteiger partial charge on any atom is -0.338 e. The lowest BCUT2D eigenvalue weighted by Gasteiger charge is -2.14. The van der Waals surface area contributed by atoms with E-state index < -0.39 is 0 Å². The van der Waals surface area contributed by atoms with Crippen LogP contribution >= 0.6 is 46.9 Å². The Labute approximate surface area is 155 Å². The van der Waals surface area contributed by atoms with E-state index in [0.29, 0.717) is 22.5 Å². The molecule has 1 aromatic carbocycles. The molecule has 1 atom stereocenters. The van der Waals surface area contributed by atoms with Crippen LogP contribution in [-0.2, 0) is 0 Å². The number of hydrogen-bond donors (Lipinski definition) is 1. The minimum absolute atomic E-state index is 0. The Morgan fingerprint density at radius 2 is 2.04 bits per heavy atom. The summed E-state index contributed by atoms with van der Waals surface area (Å²) in [6, 6.07) is 9.33. The van der Waals surface area contributed by atoms with Gasteiger partial charge in [0.1, 0.15) is 0 Å². The summed E-state index contributed by atoms with van der Waals surface area (Å²) in [6.45, 7) is 2.19. The van der Waals surface area contributed by atoms with E-state index in [1.807, 2.05) is 29.2 Å². The lowest BCUT2D eigenvalue weighted by atomic mass is 10.1. The second kappa shape index (κ2) is 7.86. The zero-order chi connectivity index (χ0) is 15.7. The lowest BCUT2D eigenvalue weighted by molar-refractivity contribution is 0.0792. The van der Waals surface area contributed by atoms with E-state index in [-0.39, 0.29) is 18.3 Å². The molecule has 1 unspecified atom stereocenters. The lowest BCUT2D eigenvalue weighted by Crippen LogP contribution is -2.29. The van der Waals surface area contributed by atoms with Crippen molar-refractivity contribution in [3.63, 3.8) is 0 Å². The zero-order valence-corrected chi connectivity index (χ0v) is 15.4. The third-order valence-electron chi connectivity index (χ3n) is 3.93.